The van der Waals surface area contributed by atoms with Crippen LogP contribution in [0, 0.1) is 5.41 Å². The van der Waals surface area contributed by atoms with Gasteiger partial charge >= 0.3 is 11.9 Å². The summed E-state index contributed by atoms with van der Waals surface area (Å²) in [5.41, 5.74) is -2.29. The van der Waals surface area contributed by atoms with Crippen LogP contribution in [0.1, 0.15) is 36.5 Å². The Labute approximate surface area is 203 Å². The van der Waals surface area contributed by atoms with Crippen LogP contribution in [-0.2, 0) is 16.1 Å². The van der Waals surface area contributed by atoms with E-state index in [1.54, 1.807) is 36.4 Å². The van der Waals surface area contributed by atoms with Gasteiger partial charge in [0.2, 0.25) is 0 Å². The highest BCUT2D eigenvalue weighted by Gasteiger charge is 2.48. The van der Waals surface area contributed by atoms with Crippen LogP contribution in [-0.4, -0.2) is 49.5 Å². The average Bonchev–Trinajstić information content (AvgIpc) is 3.29. The van der Waals surface area contributed by atoms with Crippen LogP contribution in [0.15, 0.2) is 57.9 Å². The quantitative estimate of drug-likeness (QED) is 0.234. The van der Waals surface area contributed by atoms with E-state index in [0.29, 0.717) is 28.8 Å². The van der Waals surface area contributed by atoms with Crippen molar-refractivity contribution < 1.29 is 33.8 Å². The molecule has 0 fully saturated rings. The number of fused-ring (bicyclic) bond motifs is 2. The van der Waals surface area contributed by atoms with E-state index in [2.05, 4.69) is 10.3 Å². The number of ether oxygens (including phenoxy) is 1. The van der Waals surface area contributed by atoms with Crippen LogP contribution < -0.4 is 10.3 Å². The van der Waals surface area contributed by atoms with Crippen LogP contribution >= 0.6 is 0 Å². The number of ketones is 1. The predicted molar refractivity (Wildman–Crippen MR) is 127 cm³/mol. The second-order valence-electron chi connectivity index (χ2n) is 8.33. The lowest BCUT2D eigenvalue weighted by atomic mass is 9.78. The molecule has 0 spiro atoms. The monoisotopic (exact) mass is 493 g/mol. The third-order valence-electron chi connectivity index (χ3n) is 5.98. The lowest BCUT2D eigenvalue weighted by molar-refractivity contribution is -0.165. The third-order valence-corrected chi connectivity index (χ3v) is 5.98. The smallest absolute Gasteiger partial charge is 0.321 e. The molecule has 0 aliphatic carbocycles. The topological polar surface area (TPSA) is 162 Å². The standard InChI is InChI=1S/C25H23N3O8/c1-2-11-35-15-7-8-16-18(14-36-21(16)12-15)20(29)13-25(23(31)32,24(33)34)9-10-28-22(30)17-5-3-4-6-19(17)26-27-28/h3-8,12,14H,2,9-11,13H2,1H3,(H,31,32)(H,33,34). The van der Waals surface area contributed by atoms with E-state index >= 15 is 0 Å². The highest BCUT2D eigenvalue weighted by atomic mass is 16.5. The molecular formula is C25H23N3O8. The number of carbonyl (C=O) groups excluding carboxylic acids is 1. The molecule has 2 aromatic heterocycles. The molecule has 0 saturated heterocycles. The Morgan fingerprint density at radius 2 is 1.83 bits per heavy atom. The Bertz CT molecular complexity index is 1510. The first-order valence-electron chi connectivity index (χ1n) is 11.2. The average molecular weight is 493 g/mol. The van der Waals surface area contributed by atoms with Crippen LogP contribution in [0.4, 0.5) is 0 Å². The van der Waals surface area contributed by atoms with Gasteiger partial charge in [-0.3, -0.25) is 19.2 Å². The Morgan fingerprint density at radius 3 is 2.56 bits per heavy atom. The Hall–Kier alpha value is -4.54. The number of benzene rings is 2. The summed E-state index contributed by atoms with van der Waals surface area (Å²) >= 11 is 0. The molecule has 0 bridgehead atoms. The minimum Gasteiger partial charge on any atom is -0.493 e. The molecule has 2 N–H and O–H groups in total. The molecule has 2 aromatic carbocycles. The zero-order valence-corrected chi connectivity index (χ0v) is 19.3. The second-order valence-corrected chi connectivity index (χ2v) is 8.33. The summed E-state index contributed by atoms with van der Waals surface area (Å²) in [6.45, 7) is 2.09. The summed E-state index contributed by atoms with van der Waals surface area (Å²) in [6, 6.07) is 11.3. The van der Waals surface area contributed by atoms with Crippen molar-refractivity contribution in [1.29, 1.82) is 0 Å². The van der Waals surface area contributed by atoms with Crippen molar-refractivity contribution in [1.82, 2.24) is 15.0 Å². The van der Waals surface area contributed by atoms with E-state index < -0.39 is 41.5 Å². The lowest BCUT2D eigenvalue weighted by Crippen LogP contribution is -2.43. The fourth-order valence-corrected chi connectivity index (χ4v) is 3.92. The van der Waals surface area contributed by atoms with Gasteiger partial charge in [-0.2, -0.15) is 0 Å². The number of carboxylic acid groups (broad SMARTS) is 2. The normalized spacial score (nSPS) is 11.6. The van der Waals surface area contributed by atoms with Gasteiger partial charge in [-0.05, 0) is 37.1 Å². The number of aromatic nitrogens is 3. The van der Waals surface area contributed by atoms with Crippen LogP contribution in [0.3, 0.4) is 0 Å². The molecule has 2 heterocycles. The molecule has 36 heavy (non-hydrogen) atoms. The zero-order valence-electron chi connectivity index (χ0n) is 19.3. The van der Waals surface area contributed by atoms with Crippen molar-refractivity contribution in [2.45, 2.75) is 32.7 Å². The molecule has 11 nitrogen and oxygen atoms in total. The van der Waals surface area contributed by atoms with E-state index in [-0.39, 0.29) is 17.5 Å². The molecule has 0 saturated carbocycles. The van der Waals surface area contributed by atoms with E-state index in [1.165, 1.54) is 12.3 Å². The summed E-state index contributed by atoms with van der Waals surface area (Å²) < 4.78 is 11.9. The number of furan rings is 1. The number of hydrogen-bond acceptors (Lipinski definition) is 8. The molecule has 0 aliphatic rings. The molecule has 186 valence electrons. The van der Waals surface area contributed by atoms with E-state index in [4.69, 9.17) is 9.15 Å². The summed E-state index contributed by atoms with van der Waals surface area (Å²) in [5, 5.41) is 28.2. The van der Waals surface area contributed by atoms with Crippen molar-refractivity contribution in [3.63, 3.8) is 0 Å². The molecule has 0 amide bonds. The first kappa shape index (κ1) is 24.6. The van der Waals surface area contributed by atoms with Gasteiger partial charge in [0.05, 0.1) is 17.6 Å². The Morgan fingerprint density at radius 1 is 1.08 bits per heavy atom. The molecular weight excluding hydrogens is 470 g/mol. The highest BCUT2D eigenvalue weighted by Crippen LogP contribution is 2.33. The molecule has 0 unspecified atom stereocenters. The summed E-state index contributed by atoms with van der Waals surface area (Å²) in [6.07, 6.45) is 0.560. The number of aryl methyl sites for hydroxylation is 1. The number of hydrogen-bond donors (Lipinski definition) is 2. The molecule has 0 radical (unpaired) electrons. The Balaban J connectivity index is 1.61. The number of carbonyl (C=O) groups is 3. The maximum absolute atomic E-state index is 13.1. The fraction of sp³-hybridized carbons (Fsp3) is 0.280. The molecule has 4 aromatic rings. The van der Waals surface area contributed by atoms with E-state index in [1.807, 2.05) is 6.92 Å². The third kappa shape index (κ3) is 4.54. The largest absolute Gasteiger partial charge is 0.493 e. The molecule has 0 aliphatic heterocycles. The maximum Gasteiger partial charge on any atom is 0.321 e. The van der Waals surface area contributed by atoms with E-state index in [0.717, 1.165) is 11.1 Å². The molecule has 11 heteroatoms. The number of nitrogens with zero attached hydrogens (tertiary/aromatic N) is 3. The van der Waals surface area contributed by atoms with Gasteiger partial charge in [0.15, 0.2) is 11.2 Å². The lowest BCUT2D eigenvalue weighted by Gasteiger charge is -2.24. The van der Waals surface area contributed by atoms with Crippen molar-refractivity contribution in [3.8, 4) is 5.75 Å². The predicted octanol–water partition coefficient (Wildman–Crippen LogP) is 3.15. The molecule has 0 atom stereocenters. The van der Waals surface area contributed by atoms with Crippen molar-refractivity contribution in [3.05, 3.63) is 64.6 Å². The van der Waals surface area contributed by atoms with Gasteiger partial charge in [0.25, 0.3) is 5.56 Å². The minimum absolute atomic E-state index is 0.0570. The second kappa shape index (κ2) is 9.98. The number of Topliss-reactive ketones (excluding diaryl/α,β-unsaturated/α-hetero) is 1. The van der Waals surface area contributed by atoms with Crippen LogP contribution in [0.25, 0.3) is 21.9 Å². The maximum atomic E-state index is 13.1. The minimum atomic E-state index is -2.50. The van der Waals surface area contributed by atoms with Gasteiger partial charge in [-0.1, -0.05) is 24.3 Å². The summed E-state index contributed by atoms with van der Waals surface area (Å²) in [4.78, 5) is 50.2. The first-order chi connectivity index (χ1) is 17.3. The number of carboxylic acids is 2. The number of rotatable bonds is 11. The summed E-state index contributed by atoms with van der Waals surface area (Å²) in [5.74, 6) is -3.58. The van der Waals surface area contributed by atoms with Gasteiger partial charge < -0.3 is 19.4 Å². The van der Waals surface area contributed by atoms with E-state index in [9.17, 15) is 29.4 Å². The van der Waals surface area contributed by atoms with Crippen molar-refractivity contribution in [2.75, 3.05) is 6.61 Å². The highest BCUT2D eigenvalue weighted by molar-refractivity contribution is 6.11. The first-order valence-corrected chi connectivity index (χ1v) is 11.2. The van der Waals surface area contributed by atoms with Gasteiger partial charge in [0.1, 0.15) is 23.1 Å². The van der Waals surface area contributed by atoms with Crippen LogP contribution in [0.5, 0.6) is 5.75 Å². The fourth-order valence-electron chi connectivity index (χ4n) is 3.92. The van der Waals surface area contributed by atoms with Crippen molar-refractivity contribution >= 4 is 39.6 Å². The van der Waals surface area contributed by atoms with Crippen LogP contribution in [0.2, 0.25) is 0 Å². The van der Waals surface area contributed by atoms with Crippen molar-refractivity contribution in [2.24, 2.45) is 5.41 Å². The van der Waals surface area contributed by atoms with Gasteiger partial charge in [-0.15, -0.1) is 5.10 Å². The molecule has 4 rings (SSSR count). The SMILES string of the molecule is CCCOc1ccc2c(C(=O)CC(CCn3nnc4ccccc4c3=O)(C(=O)O)C(=O)O)coc2c1. The summed E-state index contributed by atoms with van der Waals surface area (Å²) in [7, 11) is 0. The zero-order chi connectivity index (χ0) is 25.9. The van der Waals surface area contributed by atoms with Gasteiger partial charge in [0, 0.05) is 24.4 Å². The Kier molecular flexibility index (Phi) is 6.82. The number of aliphatic carboxylic acids is 2. The van der Waals surface area contributed by atoms with Gasteiger partial charge in [-0.25, -0.2) is 4.68 Å².